The molecule has 5 nitrogen and oxygen atoms in total. The Hall–Kier alpha value is -2.53. The van der Waals surface area contributed by atoms with Gasteiger partial charge in [0, 0.05) is 41.1 Å². The number of carbonyl (C=O) groups excluding carboxylic acids is 2. The van der Waals surface area contributed by atoms with Crippen molar-refractivity contribution in [3.8, 4) is 0 Å². The third kappa shape index (κ3) is 5.51. The summed E-state index contributed by atoms with van der Waals surface area (Å²) >= 11 is 5.90. The van der Waals surface area contributed by atoms with Gasteiger partial charge in [-0.25, -0.2) is 0 Å². The van der Waals surface area contributed by atoms with Crippen LogP contribution in [0.25, 0.3) is 0 Å². The molecule has 2 amide bonds. The van der Waals surface area contributed by atoms with E-state index < -0.39 is 0 Å². The van der Waals surface area contributed by atoms with E-state index >= 15 is 0 Å². The van der Waals surface area contributed by atoms with Gasteiger partial charge in [0.05, 0.1) is 5.56 Å². The van der Waals surface area contributed by atoms with Crippen LogP contribution in [0.1, 0.15) is 60.2 Å². The molecule has 154 valence electrons. The predicted octanol–water partition coefficient (Wildman–Crippen LogP) is 5.11. The van der Waals surface area contributed by atoms with Crippen LogP contribution in [0, 0.1) is 0 Å². The summed E-state index contributed by atoms with van der Waals surface area (Å²) in [6.07, 6.45) is 4.33. The van der Waals surface area contributed by atoms with E-state index in [4.69, 9.17) is 11.6 Å². The van der Waals surface area contributed by atoms with Gasteiger partial charge in [0.15, 0.2) is 0 Å². The molecule has 2 aromatic carbocycles. The van der Waals surface area contributed by atoms with Gasteiger partial charge in [-0.15, -0.1) is 0 Å². The summed E-state index contributed by atoms with van der Waals surface area (Å²) in [6.45, 7) is 5.92. The first-order valence-electron chi connectivity index (χ1n) is 10.2. The molecule has 0 saturated carbocycles. The van der Waals surface area contributed by atoms with Crippen LogP contribution < -0.4 is 15.5 Å². The van der Waals surface area contributed by atoms with E-state index in [9.17, 15) is 9.59 Å². The molecule has 2 aromatic rings. The number of anilines is 2. The molecule has 0 radical (unpaired) electrons. The number of hydrogen-bond donors (Lipinski definition) is 2. The molecule has 0 spiro atoms. The largest absolute Gasteiger partial charge is 0.371 e. The fourth-order valence-corrected chi connectivity index (χ4v) is 3.54. The highest BCUT2D eigenvalue weighted by Crippen LogP contribution is 2.28. The van der Waals surface area contributed by atoms with Crippen molar-refractivity contribution in [3.63, 3.8) is 0 Å². The average molecular weight is 414 g/mol. The number of rotatable bonds is 6. The summed E-state index contributed by atoms with van der Waals surface area (Å²) in [5.41, 5.74) is 2.64. The quantitative estimate of drug-likeness (QED) is 0.691. The fraction of sp³-hybridized carbons (Fsp3) is 0.391. The molecular formula is C23H28ClN3O2. The van der Waals surface area contributed by atoms with Crippen LogP contribution in [0.3, 0.4) is 0 Å². The number of halogens is 1. The Labute approximate surface area is 177 Å². The van der Waals surface area contributed by atoms with Gasteiger partial charge in [0.2, 0.25) is 0 Å². The number of nitrogens with one attached hydrogen (secondary N) is 2. The van der Waals surface area contributed by atoms with Gasteiger partial charge in [-0.05, 0) is 75.1 Å². The smallest absolute Gasteiger partial charge is 0.255 e. The summed E-state index contributed by atoms with van der Waals surface area (Å²) < 4.78 is 0. The van der Waals surface area contributed by atoms with E-state index in [1.807, 2.05) is 26.0 Å². The molecule has 3 rings (SSSR count). The summed E-state index contributed by atoms with van der Waals surface area (Å²) in [7, 11) is 0. The van der Waals surface area contributed by atoms with Crippen molar-refractivity contribution in [1.29, 1.82) is 0 Å². The first kappa shape index (κ1) is 21.2. The number of benzene rings is 2. The van der Waals surface area contributed by atoms with Gasteiger partial charge in [-0.3, -0.25) is 9.59 Å². The van der Waals surface area contributed by atoms with E-state index in [1.165, 1.54) is 6.42 Å². The Bertz CT molecular complexity index is 861. The maximum absolute atomic E-state index is 13.0. The minimum atomic E-state index is -0.235. The number of carbonyl (C=O) groups is 2. The lowest BCUT2D eigenvalue weighted by Gasteiger charge is -2.31. The number of hydrogen-bond acceptors (Lipinski definition) is 3. The lowest BCUT2D eigenvalue weighted by molar-refractivity contribution is 0.0938. The zero-order valence-corrected chi connectivity index (χ0v) is 17.8. The SMILES string of the molecule is CCC(C)NC(=O)c1cc(NC(=O)c2ccc(Cl)cc2)ccc1N1CCCCC1. The molecule has 1 aliphatic heterocycles. The highest BCUT2D eigenvalue weighted by molar-refractivity contribution is 6.30. The zero-order chi connectivity index (χ0) is 20.8. The van der Waals surface area contributed by atoms with Crippen molar-refractivity contribution < 1.29 is 9.59 Å². The number of nitrogens with zero attached hydrogens (tertiary/aromatic N) is 1. The average Bonchev–Trinajstić information content (AvgIpc) is 2.74. The summed E-state index contributed by atoms with van der Waals surface area (Å²) in [4.78, 5) is 27.8. The summed E-state index contributed by atoms with van der Waals surface area (Å²) in [6, 6.07) is 12.4. The van der Waals surface area contributed by atoms with E-state index in [0.717, 1.165) is 38.0 Å². The lowest BCUT2D eigenvalue weighted by atomic mass is 10.0. The highest BCUT2D eigenvalue weighted by Gasteiger charge is 2.20. The molecule has 2 N–H and O–H groups in total. The van der Waals surface area contributed by atoms with Crippen LogP contribution in [0.2, 0.25) is 5.02 Å². The zero-order valence-electron chi connectivity index (χ0n) is 17.0. The molecule has 29 heavy (non-hydrogen) atoms. The van der Waals surface area contributed by atoms with E-state index in [0.29, 0.717) is 21.8 Å². The Morgan fingerprint density at radius 2 is 1.72 bits per heavy atom. The second kappa shape index (κ2) is 9.79. The Kier molecular flexibility index (Phi) is 7.15. The van der Waals surface area contributed by atoms with Crippen molar-refractivity contribution in [2.75, 3.05) is 23.3 Å². The molecule has 1 saturated heterocycles. The molecule has 1 unspecified atom stereocenters. The third-order valence-corrected chi connectivity index (χ3v) is 5.54. The summed E-state index contributed by atoms with van der Waals surface area (Å²) in [5.74, 6) is -0.344. The molecule has 1 atom stereocenters. The first-order chi connectivity index (χ1) is 14.0. The highest BCUT2D eigenvalue weighted by atomic mass is 35.5. The molecule has 0 aromatic heterocycles. The molecule has 0 bridgehead atoms. The van der Waals surface area contributed by atoms with Crippen molar-refractivity contribution in [2.45, 2.75) is 45.6 Å². The van der Waals surface area contributed by atoms with Crippen molar-refractivity contribution in [3.05, 3.63) is 58.6 Å². The maximum Gasteiger partial charge on any atom is 0.255 e. The standard InChI is InChI=1S/C23H28ClN3O2/c1-3-16(2)25-23(29)20-15-19(11-12-21(20)27-13-5-4-6-14-27)26-22(28)17-7-9-18(24)10-8-17/h7-12,15-16H,3-6,13-14H2,1-2H3,(H,25,29)(H,26,28). The molecule has 0 aliphatic carbocycles. The van der Waals surface area contributed by atoms with E-state index in [2.05, 4.69) is 15.5 Å². The maximum atomic E-state index is 13.0. The van der Waals surface area contributed by atoms with Gasteiger partial charge in [0.25, 0.3) is 11.8 Å². The summed E-state index contributed by atoms with van der Waals surface area (Å²) in [5, 5.41) is 6.52. The van der Waals surface area contributed by atoms with Crippen LogP contribution in [0.15, 0.2) is 42.5 Å². The van der Waals surface area contributed by atoms with Crippen LogP contribution in [0.5, 0.6) is 0 Å². The van der Waals surface area contributed by atoms with Gasteiger partial charge in [0.1, 0.15) is 0 Å². The van der Waals surface area contributed by atoms with Crippen molar-refractivity contribution in [2.24, 2.45) is 0 Å². The molecule has 6 heteroatoms. The van der Waals surface area contributed by atoms with Crippen LogP contribution in [-0.2, 0) is 0 Å². The van der Waals surface area contributed by atoms with Crippen LogP contribution in [-0.4, -0.2) is 30.9 Å². The van der Waals surface area contributed by atoms with Gasteiger partial charge < -0.3 is 15.5 Å². The fourth-order valence-electron chi connectivity index (χ4n) is 3.41. The predicted molar refractivity (Wildman–Crippen MR) is 119 cm³/mol. The minimum Gasteiger partial charge on any atom is -0.371 e. The van der Waals surface area contributed by atoms with Gasteiger partial charge in [-0.1, -0.05) is 18.5 Å². The second-order valence-corrected chi connectivity index (χ2v) is 7.96. The molecule has 1 fully saturated rings. The Balaban J connectivity index is 1.86. The van der Waals surface area contributed by atoms with E-state index in [1.54, 1.807) is 30.3 Å². The second-order valence-electron chi connectivity index (χ2n) is 7.52. The van der Waals surface area contributed by atoms with Crippen molar-refractivity contribution in [1.82, 2.24) is 5.32 Å². The lowest BCUT2D eigenvalue weighted by Crippen LogP contribution is -2.35. The normalized spacial score (nSPS) is 14.9. The van der Waals surface area contributed by atoms with Crippen LogP contribution >= 0.6 is 11.6 Å². The topological polar surface area (TPSA) is 61.4 Å². The monoisotopic (exact) mass is 413 g/mol. The molecular weight excluding hydrogens is 386 g/mol. The Morgan fingerprint density at radius 1 is 1.03 bits per heavy atom. The van der Waals surface area contributed by atoms with Gasteiger partial charge >= 0.3 is 0 Å². The van der Waals surface area contributed by atoms with Gasteiger partial charge in [-0.2, -0.15) is 0 Å². The third-order valence-electron chi connectivity index (χ3n) is 5.29. The van der Waals surface area contributed by atoms with Crippen LogP contribution in [0.4, 0.5) is 11.4 Å². The molecule has 1 heterocycles. The number of piperidine rings is 1. The Morgan fingerprint density at radius 3 is 2.38 bits per heavy atom. The van der Waals surface area contributed by atoms with Crippen molar-refractivity contribution >= 4 is 34.8 Å². The molecule has 1 aliphatic rings. The van der Waals surface area contributed by atoms with E-state index in [-0.39, 0.29) is 17.9 Å². The first-order valence-corrected chi connectivity index (χ1v) is 10.6. The number of amides is 2. The minimum absolute atomic E-state index is 0.0871.